The number of unbranched alkanes of at least 4 members (excludes halogenated alkanes) is 1. The zero-order chi connectivity index (χ0) is 34.9. The molecule has 3 unspecified atom stereocenters. The minimum Gasteiger partial charge on any atom is -0.465 e. The van der Waals surface area contributed by atoms with E-state index in [1.165, 1.54) is 17.3 Å². The highest BCUT2D eigenvalue weighted by molar-refractivity contribution is 5.84. The molecule has 3 N–H and O–H groups in total. The van der Waals surface area contributed by atoms with Crippen LogP contribution >= 0.6 is 0 Å². The molecule has 10 nitrogen and oxygen atoms in total. The number of aliphatic hydroxyl groups is 2. The van der Waals surface area contributed by atoms with Gasteiger partial charge >= 0.3 is 6.09 Å². The number of nitriles is 2. The van der Waals surface area contributed by atoms with Gasteiger partial charge in [0, 0.05) is 31.5 Å². The average molecular weight is 633 g/mol. The number of aromatic nitrogens is 2. The maximum absolute atomic E-state index is 12.1. The summed E-state index contributed by atoms with van der Waals surface area (Å²) in [5.41, 5.74) is 3.09. The summed E-state index contributed by atoms with van der Waals surface area (Å²) in [6.07, 6.45) is 13.8. The van der Waals surface area contributed by atoms with Crippen LogP contribution in [-0.4, -0.2) is 50.6 Å². The van der Waals surface area contributed by atoms with Crippen LogP contribution in [0.1, 0.15) is 96.9 Å². The van der Waals surface area contributed by atoms with Crippen LogP contribution in [0.4, 0.5) is 16.3 Å². The fourth-order valence-electron chi connectivity index (χ4n) is 5.15. The average Bonchev–Trinajstić information content (AvgIpc) is 3.04. The van der Waals surface area contributed by atoms with Crippen molar-refractivity contribution in [3.63, 3.8) is 0 Å². The summed E-state index contributed by atoms with van der Waals surface area (Å²) < 4.78 is 0. The maximum Gasteiger partial charge on any atom is 0.413 e. The zero-order valence-corrected chi connectivity index (χ0v) is 28.5. The van der Waals surface area contributed by atoms with E-state index in [1.54, 1.807) is 20.8 Å². The lowest BCUT2D eigenvalue weighted by Crippen LogP contribution is -2.38. The van der Waals surface area contributed by atoms with Gasteiger partial charge in [0.05, 0.1) is 35.8 Å². The molecule has 0 aliphatic heterocycles. The van der Waals surface area contributed by atoms with Gasteiger partial charge in [-0.15, -0.1) is 0 Å². The maximum atomic E-state index is 12.1. The summed E-state index contributed by atoms with van der Waals surface area (Å²) in [5, 5.41) is 44.7. The number of benzene rings is 1. The van der Waals surface area contributed by atoms with Crippen molar-refractivity contribution in [2.75, 3.05) is 22.9 Å². The molecule has 1 aromatic carbocycles. The molecular formula is C36H52N6O4. The lowest BCUT2D eigenvalue weighted by Gasteiger charge is -2.35. The second-order valence-corrected chi connectivity index (χ2v) is 12.3. The van der Waals surface area contributed by atoms with E-state index in [0.29, 0.717) is 23.7 Å². The molecule has 3 rings (SSSR count). The fourth-order valence-corrected chi connectivity index (χ4v) is 5.15. The van der Waals surface area contributed by atoms with Crippen molar-refractivity contribution < 1.29 is 20.1 Å². The van der Waals surface area contributed by atoms with Gasteiger partial charge in [0.25, 0.3) is 0 Å². The molecule has 1 aliphatic carbocycles. The van der Waals surface area contributed by atoms with Crippen molar-refractivity contribution in [1.82, 2.24) is 9.97 Å². The van der Waals surface area contributed by atoms with Crippen LogP contribution in [0.5, 0.6) is 0 Å². The molecule has 1 fully saturated rings. The van der Waals surface area contributed by atoms with E-state index >= 15 is 0 Å². The number of aliphatic hydroxyl groups excluding tert-OH is 1. The predicted molar refractivity (Wildman–Crippen MR) is 183 cm³/mol. The van der Waals surface area contributed by atoms with Gasteiger partial charge in [0.15, 0.2) is 5.82 Å². The number of amides is 1. The minimum atomic E-state index is -1.14. The summed E-state index contributed by atoms with van der Waals surface area (Å²) in [6.45, 7) is 17.7. The van der Waals surface area contributed by atoms with Gasteiger partial charge in [-0.1, -0.05) is 38.0 Å². The summed E-state index contributed by atoms with van der Waals surface area (Å²) >= 11 is 0. The standard InChI is InChI=1S/C29H39N5O3.C6H12O.CHN/c1-5-6-7-13-33(25-15-22(16-30)12-11-21(25)2)19-23-9-8-10-24(14-23)20-34(28(35)36)27-18-31-26(17-32-27)29(3,4)37;1-4-5(2)6(3)7;1-2/h7,11-13,15,17-18,23-24,37H,5-6,8-10,14,19-20H2,1-4H3,(H,35,36);4,6-7H,1-3H3;1H/b13-7+;5-4+;. The van der Waals surface area contributed by atoms with E-state index in [4.69, 9.17) is 10.4 Å². The smallest absolute Gasteiger partial charge is 0.413 e. The predicted octanol–water partition coefficient (Wildman–Crippen LogP) is 7.47. The number of carboxylic acid groups (broad SMARTS) is 1. The first-order valence-electron chi connectivity index (χ1n) is 15.9. The molecule has 1 aliphatic rings. The van der Waals surface area contributed by atoms with Crippen LogP contribution in [0.25, 0.3) is 0 Å². The molecule has 10 heteroatoms. The van der Waals surface area contributed by atoms with Crippen LogP contribution in [0.2, 0.25) is 0 Å². The third-order valence-electron chi connectivity index (χ3n) is 8.06. The first-order valence-corrected chi connectivity index (χ1v) is 15.9. The van der Waals surface area contributed by atoms with Crippen molar-refractivity contribution in [2.45, 2.75) is 98.7 Å². The summed E-state index contributed by atoms with van der Waals surface area (Å²) in [6, 6.07) is 8.04. The Balaban J connectivity index is 0.00000104. The summed E-state index contributed by atoms with van der Waals surface area (Å²) in [7, 11) is 0. The van der Waals surface area contributed by atoms with E-state index in [2.05, 4.69) is 53.6 Å². The second-order valence-electron chi connectivity index (χ2n) is 12.3. The summed E-state index contributed by atoms with van der Waals surface area (Å²) in [4.78, 5) is 24.2. The second kappa shape index (κ2) is 20.0. The van der Waals surface area contributed by atoms with Crippen molar-refractivity contribution in [2.24, 2.45) is 11.8 Å². The Morgan fingerprint density at radius 3 is 2.33 bits per heavy atom. The lowest BCUT2D eigenvalue weighted by atomic mass is 9.80. The van der Waals surface area contributed by atoms with E-state index in [0.717, 1.165) is 61.9 Å². The van der Waals surface area contributed by atoms with Gasteiger partial charge in [-0.05, 0) is 102 Å². The van der Waals surface area contributed by atoms with Crippen molar-refractivity contribution in [3.05, 3.63) is 71.3 Å². The Kier molecular flexibility index (Phi) is 17.3. The van der Waals surface area contributed by atoms with Crippen molar-refractivity contribution in [3.8, 4) is 12.6 Å². The highest BCUT2D eigenvalue weighted by atomic mass is 16.4. The van der Waals surface area contributed by atoms with Gasteiger partial charge in [0.1, 0.15) is 5.60 Å². The van der Waals surface area contributed by atoms with Gasteiger partial charge in [-0.3, -0.25) is 9.88 Å². The Morgan fingerprint density at radius 1 is 1.20 bits per heavy atom. The van der Waals surface area contributed by atoms with Crippen LogP contribution in [-0.2, 0) is 5.60 Å². The Hall–Kier alpha value is -4.25. The molecule has 0 spiro atoms. The van der Waals surface area contributed by atoms with E-state index in [1.807, 2.05) is 38.1 Å². The summed E-state index contributed by atoms with van der Waals surface area (Å²) in [5.74, 6) is 0.878. The number of anilines is 2. The third kappa shape index (κ3) is 13.0. The number of carbonyl (C=O) groups is 1. The largest absolute Gasteiger partial charge is 0.465 e. The topological polar surface area (TPSA) is 158 Å². The van der Waals surface area contributed by atoms with Crippen LogP contribution in [0.3, 0.4) is 0 Å². The van der Waals surface area contributed by atoms with E-state index < -0.39 is 11.7 Å². The van der Waals surface area contributed by atoms with Crippen LogP contribution in [0.15, 0.2) is 54.5 Å². The first kappa shape index (κ1) is 39.8. The molecule has 0 radical (unpaired) electrons. The molecule has 2 aromatic rings. The van der Waals surface area contributed by atoms with Crippen LogP contribution in [0, 0.1) is 41.9 Å². The lowest BCUT2D eigenvalue weighted by molar-refractivity contribution is 0.0734. The van der Waals surface area contributed by atoms with Gasteiger partial charge in [-0.2, -0.15) is 5.26 Å². The van der Waals surface area contributed by atoms with Crippen molar-refractivity contribution in [1.29, 1.82) is 10.5 Å². The number of hydrogen-bond donors (Lipinski definition) is 3. The van der Waals surface area contributed by atoms with Gasteiger partial charge in [0.2, 0.25) is 0 Å². The monoisotopic (exact) mass is 632 g/mol. The molecule has 250 valence electrons. The van der Waals surface area contributed by atoms with E-state index in [9.17, 15) is 20.3 Å². The third-order valence-corrected chi connectivity index (χ3v) is 8.06. The Morgan fingerprint density at radius 2 is 1.85 bits per heavy atom. The molecule has 46 heavy (non-hydrogen) atoms. The van der Waals surface area contributed by atoms with Crippen molar-refractivity contribution >= 4 is 17.6 Å². The highest BCUT2D eigenvalue weighted by Crippen LogP contribution is 2.33. The number of nitrogens with zero attached hydrogens (tertiary/aromatic N) is 6. The minimum absolute atomic E-state index is 0.207. The van der Waals surface area contributed by atoms with Gasteiger partial charge in [-0.25, -0.2) is 15.0 Å². The molecule has 1 aromatic heterocycles. The van der Waals surface area contributed by atoms with E-state index in [-0.39, 0.29) is 17.8 Å². The number of hydrogen-bond acceptors (Lipinski definition) is 8. The number of allylic oxidation sites excluding steroid dienone is 2. The Labute approximate surface area is 275 Å². The molecule has 1 amide bonds. The molecule has 0 bridgehead atoms. The fraction of sp³-hybridized carbons (Fsp3) is 0.528. The van der Waals surface area contributed by atoms with Gasteiger partial charge < -0.3 is 20.2 Å². The SMILES string of the molecule is C#N.C/C=C(\C)C(C)O.CCC/C=C/N(CC1CCCC(CN(C(=O)O)c2cnc(C(C)(C)O)cn2)C1)c1cc(C#N)ccc1C. The number of rotatable bonds is 11. The number of aryl methyl sites for hydroxylation is 1. The quantitative estimate of drug-likeness (QED) is 0.214. The molecule has 1 saturated carbocycles. The first-order chi connectivity index (χ1) is 21.8. The Bertz CT molecular complexity index is 1340. The zero-order valence-electron chi connectivity index (χ0n) is 28.5. The molecular weight excluding hydrogens is 580 g/mol. The molecule has 0 saturated heterocycles. The highest BCUT2D eigenvalue weighted by Gasteiger charge is 2.29. The normalized spacial score (nSPS) is 17.0. The molecule has 1 heterocycles. The molecule has 3 atom stereocenters. The van der Waals surface area contributed by atoms with Crippen LogP contribution < -0.4 is 9.80 Å².